The second-order valence-corrected chi connectivity index (χ2v) is 4.50. The third-order valence-electron chi connectivity index (χ3n) is 3.10. The number of aromatic nitrogens is 2. The molecule has 5 heteroatoms. The lowest BCUT2D eigenvalue weighted by molar-refractivity contribution is -0.0258. The molecular formula is C12H21N3O2. The smallest absolute Gasteiger partial charge is 0.226 e. The van der Waals surface area contributed by atoms with Crippen molar-refractivity contribution in [3.63, 3.8) is 0 Å². The zero-order chi connectivity index (χ0) is 12.1. The zero-order valence-corrected chi connectivity index (χ0v) is 10.6. The molecule has 96 valence electrons. The Bertz CT molecular complexity index is 334. The van der Waals surface area contributed by atoms with Crippen molar-refractivity contribution in [3.8, 4) is 0 Å². The minimum absolute atomic E-state index is 0.453. The summed E-state index contributed by atoms with van der Waals surface area (Å²) in [5.74, 6) is 2.17. The molecule has 0 aromatic carbocycles. The lowest BCUT2D eigenvalue weighted by Crippen LogP contribution is -2.32. The average molecular weight is 239 g/mol. The molecule has 0 amide bonds. The Morgan fingerprint density at radius 1 is 1.41 bits per heavy atom. The largest absolute Gasteiger partial charge is 0.378 e. The number of nitrogens with zero attached hydrogens (tertiary/aromatic N) is 2. The summed E-state index contributed by atoms with van der Waals surface area (Å²) < 4.78 is 10.7. The fourth-order valence-corrected chi connectivity index (χ4v) is 2.14. The Morgan fingerprint density at radius 2 is 2.24 bits per heavy atom. The van der Waals surface area contributed by atoms with Crippen LogP contribution in [0, 0.1) is 5.92 Å². The van der Waals surface area contributed by atoms with Gasteiger partial charge in [-0.05, 0) is 32.2 Å². The predicted molar refractivity (Wildman–Crippen MR) is 63.5 cm³/mol. The minimum Gasteiger partial charge on any atom is -0.378 e. The molecular weight excluding hydrogens is 218 g/mol. The highest BCUT2D eigenvalue weighted by molar-refractivity contribution is 4.91. The molecule has 1 heterocycles. The van der Waals surface area contributed by atoms with Crippen molar-refractivity contribution in [1.82, 2.24) is 15.5 Å². The first kappa shape index (κ1) is 12.5. The summed E-state index contributed by atoms with van der Waals surface area (Å²) in [5, 5.41) is 7.12. The van der Waals surface area contributed by atoms with Gasteiger partial charge in [0.2, 0.25) is 5.89 Å². The van der Waals surface area contributed by atoms with E-state index in [2.05, 4.69) is 22.4 Å². The zero-order valence-electron chi connectivity index (χ0n) is 10.6. The molecule has 0 radical (unpaired) electrons. The van der Waals surface area contributed by atoms with Gasteiger partial charge in [-0.3, -0.25) is 0 Å². The molecule has 0 saturated heterocycles. The fraction of sp³-hybridized carbons (Fsp3) is 0.833. The molecule has 1 aromatic heterocycles. The Kier molecular flexibility index (Phi) is 4.50. The molecule has 1 aromatic rings. The molecule has 1 aliphatic rings. The number of hydrogen-bond acceptors (Lipinski definition) is 5. The van der Waals surface area contributed by atoms with Gasteiger partial charge < -0.3 is 14.6 Å². The van der Waals surface area contributed by atoms with E-state index in [0.717, 1.165) is 44.1 Å². The predicted octanol–water partition coefficient (Wildman–Crippen LogP) is 1.54. The van der Waals surface area contributed by atoms with Crippen LogP contribution < -0.4 is 5.32 Å². The number of rotatable bonds is 7. The maximum atomic E-state index is 5.53. The molecule has 0 unspecified atom stereocenters. The first-order chi connectivity index (χ1) is 8.31. The first-order valence-electron chi connectivity index (χ1n) is 6.45. The van der Waals surface area contributed by atoms with Crippen LogP contribution >= 0.6 is 0 Å². The summed E-state index contributed by atoms with van der Waals surface area (Å²) in [5.41, 5.74) is 0. The van der Waals surface area contributed by atoms with E-state index < -0.39 is 0 Å². The van der Waals surface area contributed by atoms with E-state index in [0.29, 0.717) is 18.6 Å². The fourth-order valence-electron chi connectivity index (χ4n) is 2.14. The maximum Gasteiger partial charge on any atom is 0.226 e. The summed E-state index contributed by atoms with van der Waals surface area (Å²) in [6.07, 6.45) is 3.59. The summed E-state index contributed by atoms with van der Waals surface area (Å²) in [6, 6.07) is 0. The van der Waals surface area contributed by atoms with Crippen molar-refractivity contribution in [2.75, 3.05) is 13.2 Å². The van der Waals surface area contributed by atoms with Gasteiger partial charge in [0, 0.05) is 13.0 Å². The second-order valence-electron chi connectivity index (χ2n) is 4.50. The Balaban J connectivity index is 1.71. The van der Waals surface area contributed by atoms with Crippen LogP contribution in [0.15, 0.2) is 4.52 Å². The van der Waals surface area contributed by atoms with Crippen molar-refractivity contribution in [2.45, 2.75) is 45.8 Å². The summed E-state index contributed by atoms with van der Waals surface area (Å²) >= 11 is 0. The van der Waals surface area contributed by atoms with E-state index in [1.54, 1.807) is 0 Å². The summed E-state index contributed by atoms with van der Waals surface area (Å²) in [7, 11) is 0. The van der Waals surface area contributed by atoms with Crippen LogP contribution in [-0.4, -0.2) is 29.4 Å². The summed E-state index contributed by atoms with van der Waals surface area (Å²) in [4.78, 5) is 4.36. The maximum absolute atomic E-state index is 5.53. The molecule has 2 rings (SSSR count). The van der Waals surface area contributed by atoms with E-state index in [1.807, 2.05) is 6.92 Å². The molecule has 5 nitrogen and oxygen atoms in total. The van der Waals surface area contributed by atoms with Crippen molar-refractivity contribution in [1.29, 1.82) is 0 Å². The molecule has 0 bridgehead atoms. The van der Waals surface area contributed by atoms with Crippen LogP contribution in [0.1, 0.15) is 38.4 Å². The standard InChI is InChI=1S/C12H21N3O2/c1-3-13-8-11-14-12(17-15-11)7-9-5-10(6-9)16-4-2/h9-10,13H,3-8H2,1-2H3. The van der Waals surface area contributed by atoms with Crippen LogP contribution in [0.25, 0.3) is 0 Å². The lowest BCUT2D eigenvalue weighted by atomic mass is 9.80. The van der Waals surface area contributed by atoms with E-state index in [4.69, 9.17) is 9.26 Å². The SMILES string of the molecule is CCNCc1noc(CC2CC(OCC)C2)n1. The molecule has 0 atom stereocenters. The average Bonchev–Trinajstić information content (AvgIpc) is 2.71. The van der Waals surface area contributed by atoms with Gasteiger partial charge in [0.1, 0.15) is 0 Å². The molecule has 0 aliphatic heterocycles. The van der Waals surface area contributed by atoms with E-state index in [1.165, 1.54) is 0 Å². The summed E-state index contributed by atoms with van der Waals surface area (Å²) in [6.45, 7) is 6.51. The van der Waals surface area contributed by atoms with Crippen LogP contribution in [0.4, 0.5) is 0 Å². The molecule has 1 saturated carbocycles. The first-order valence-corrected chi connectivity index (χ1v) is 6.45. The van der Waals surface area contributed by atoms with Crippen molar-refractivity contribution >= 4 is 0 Å². The van der Waals surface area contributed by atoms with Gasteiger partial charge >= 0.3 is 0 Å². The molecule has 1 N–H and O–H groups in total. The number of ether oxygens (including phenoxy) is 1. The highest BCUT2D eigenvalue weighted by Gasteiger charge is 2.30. The van der Waals surface area contributed by atoms with Gasteiger partial charge in [0.05, 0.1) is 12.6 Å². The minimum atomic E-state index is 0.453. The molecule has 1 fully saturated rings. The normalized spacial score (nSPS) is 23.6. The highest BCUT2D eigenvalue weighted by atomic mass is 16.5. The van der Waals surface area contributed by atoms with Gasteiger partial charge in [-0.1, -0.05) is 12.1 Å². The van der Waals surface area contributed by atoms with Gasteiger partial charge in [-0.2, -0.15) is 4.98 Å². The van der Waals surface area contributed by atoms with Crippen LogP contribution in [0.3, 0.4) is 0 Å². The van der Waals surface area contributed by atoms with Crippen LogP contribution in [0.2, 0.25) is 0 Å². The highest BCUT2D eigenvalue weighted by Crippen LogP contribution is 2.32. The van der Waals surface area contributed by atoms with Gasteiger partial charge in [-0.25, -0.2) is 0 Å². The monoisotopic (exact) mass is 239 g/mol. The number of hydrogen-bond donors (Lipinski definition) is 1. The lowest BCUT2D eigenvalue weighted by Gasteiger charge is -2.33. The Morgan fingerprint density at radius 3 is 2.94 bits per heavy atom. The van der Waals surface area contributed by atoms with Crippen LogP contribution in [-0.2, 0) is 17.7 Å². The quantitative estimate of drug-likeness (QED) is 0.782. The third kappa shape index (κ3) is 3.51. The van der Waals surface area contributed by atoms with Crippen molar-refractivity contribution in [2.24, 2.45) is 5.92 Å². The Labute approximate surface area is 102 Å². The van der Waals surface area contributed by atoms with Gasteiger partial charge in [0.15, 0.2) is 5.82 Å². The van der Waals surface area contributed by atoms with Gasteiger partial charge in [0.25, 0.3) is 0 Å². The number of nitrogens with one attached hydrogen (secondary N) is 1. The van der Waals surface area contributed by atoms with E-state index >= 15 is 0 Å². The van der Waals surface area contributed by atoms with E-state index in [9.17, 15) is 0 Å². The van der Waals surface area contributed by atoms with E-state index in [-0.39, 0.29) is 0 Å². The molecule has 0 spiro atoms. The van der Waals surface area contributed by atoms with Crippen molar-refractivity contribution in [3.05, 3.63) is 11.7 Å². The van der Waals surface area contributed by atoms with Crippen molar-refractivity contribution < 1.29 is 9.26 Å². The van der Waals surface area contributed by atoms with Gasteiger partial charge in [-0.15, -0.1) is 0 Å². The molecule has 1 aliphatic carbocycles. The molecule has 17 heavy (non-hydrogen) atoms. The topological polar surface area (TPSA) is 60.2 Å². The Hall–Kier alpha value is -0.940. The third-order valence-corrected chi connectivity index (χ3v) is 3.10. The second kappa shape index (κ2) is 6.12. The van der Waals surface area contributed by atoms with Crippen LogP contribution in [0.5, 0.6) is 0 Å².